The molecule has 372 valence electrons. The first-order valence-electron chi connectivity index (χ1n) is 24.4. The zero-order valence-electron chi connectivity index (χ0n) is 42.3. The van der Waals surface area contributed by atoms with Crippen molar-refractivity contribution in [1.82, 2.24) is 50.2 Å². The van der Waals surface area contributed by atoms with Crippen molar-refractivity contribution in [3.8, 4) is 0 Å². The van der Waals surface area contributed by atoms with Gasteiger partial charge in [0.2, 0.25) is 0 Å². The molecular formula is C52H76N12O4Si. The van der Waals surface area contributed by atoms with Gasteiger partial charge in [0.1, 0.15) is 6.73 Å². The van der Waals surface area contributed by atoms with Gasteiger partial charge in [0.15, 0.2) is 11.4 Å². The summed E-state index contributed by atoms with van der Waals surface area (Å²) in [4.78, 5) is 24.3. The second-order valence-corrected chi connectivity index (χ2v) is 26.8. The van der Waals surface area contributed by atoms with Crippen LogP contribution >= 0.6 is 0 Å². The topological polar surface area (TPSA) is 208 Å². The Morgan fingerprint density at radius 2 is 1.38 bits per heavy atom. The third-order valence-electron chi connectivity index (χ3n) is 13.0. The van der Waals surface area contributed by atoms with E-state index < -0.39 is 14.0 Å². The molecule has 0 radical (unpaired) electrons. The molecule has 2 aliphatic carbocycles. The summed E-state index contributed by atoms with van der Waals surface area (Å²) in [6.07, 6.45) is 14.6. The number of carbonyl (C=O) groups excluding carboxylic acids is 1. The Morgan fingerprint density at radius 1 is 0.812 bits per heavy atom. The van der Waals surface area contributed by atoms with Gasteiger partial charge in [-0.2, -0.15) is 20.4 Å². The molecule has 8 rings (SSSR count). The van der Waals surface area contributed by atoms with E-state index in [-0.39, 0.29) is 34.5 Å². The molecule has 7 N–H and O–H groups in total. The molecule has 0 spiro atoms. The number of aromatic nitrogens is 8. The van der Waals surface area contributed by atoms with E-state index in [0.717, 1.165) is 99.6 Å². The van der Waals surface area contributed by atoms with Gasteiger partial charge in [-0.05, 0) is 107 Å². The van der Waals surface area contributed by atoms with Gasteiger partial charge >= 0.3 is 5.97 Å². The Morgan fingerprint density at radius 3 is 1.93 bits per heavy atom. The lowest BCUT2D eigenvalue weighted by molar-refractivity contribution is 0.0667. The lowest BCUT2D eigenvalue weighted by Gasteiger charge is -2.30. The van der Waals surface area contributed by atoms with Crippen molar-refractivity contribution in [2.75, 3.05) is 44.8 Å². The van der Waals surface area contributed by atoms with E-state index in [1.54, 1.807) is 17.1 Å². The van der Waals surface area contributed by atoms with Crippen LogP contribution in [0.5, 0.6) is 0 Å². The van der Waals surface area contributed by atoms with Gasteiger partial charge in [-0.25, -0.2) is 9.48 Å². The van der Waals surface area contributed by atoms with Crippen LogP contribution in [-0.4, -0.2) is 98.4 Å². The number of ether oxygens (including phenoxy) is 1. The van der Waals surface area contributed by atoms with E-state index >= 15 is 0 Å². The summed E-state index contributed by atoms with van der Waals surface area (Å²) in [6, 6.07) is 22.1. The van der Waals surface area contributed by atoms with Crippen molar-refractivity contribution in [3.05, 3.63) is 130 Å². The maximum absolute atomic E-state index is 12.9. The number of rotatable bonds is 18. The van der Waals surface area contributed by atoms with Gasteiger partial charge in [0.25, 0.3) is 5.91 Å². The number of hydrogen-bond donors (Lipinski definition) is 6. The van der Waals surface area contributed by atoms with Crippen LogP contribution in [0.2, 0.25) is 25.7 Å². The number of carboxylic acids is 1. The van der Waals surface area contributed by atoms with Crippen LogP contribution in [-0.2, 0) is 37.2 Å². The van der Waals surface area contributed by atoms with Gasteiger partial charge in [0, 0.05) is 49.6 Å². The quantitative estimate of drug-likeness (QED) is 0.0355. The third-order valence-corrected chi connectivity index (χ3v) is 14.7. The van der Waals surface area contributed by atoms with Crippen molar-refractivity contribution in [2.24, 2.45) is 10.8 Å². The Bertz CT molecular complexity index is 2560. The van der Waals surface area contributed by atoms with E-state index in [0.29, 0.717) is 23.8 Å². The number of aromatic carboxylic acids is 1. The molecule has 0 aliphatic heterocycles. The molecule has 16 nitrogen and oxygen atoms in total. The largest absolute Gasteiger partial charge is 0.476 e. The molecule has 2 atom stereocenters. The second kappa shape index (κ2) is 23.6. The van der Waals surface area contributed by atoms with Gasteiger partial charge in [-0.1, -0.05) is 108 Å². The van der Waals surface area contributed by atoms with E-state index in [4.69, 9.17) is 10.5 Å². The number of hydrogen-bond acceptors (Lipinski definition) is 10. The molecule has 69 heavy (non-hydrogen) atoms. The molecule has 6 aromatic rings. The Kier molecular flexibility index (Phi) is 18.0. The van der Waals surface area contributed by atoms with Crippen LogP contribution in [0.4, 0.5) is 11.4 Å². The maximum Gasteiger partial charge on any atom is 0.356 e. The number of nitrogens with two attached hydrogens (primary N) is 1. The normalized spacial score (nSPS) is 15.6. The van der Waals surface area contributed by atoms with Crippen LogP contribution in [0.1, 0.15) is 120 Å². The molecule has 0 saturated heterocycles. The number of nitrogens with one attached hydrogen (secondary N) is 4. The van der Waals surface area contributed by atoms with Gasteiger partial charge in [-0.3, -0.25) is 19.3 Å². The lowest BCUT2D eigenvalue weighted by atomic mass is 9.76. The summed E-state index contributed by atoms with van der Waals surface area (Å²) in [5.74, 6) is -1.12. The van der Waals surface area contributed by atoms with Gasteiger partial charge in [0.05, 0.1) is 35.9 Å². The number of carboxylic acid groups (broad SMARTS) is 1. The van der Waals surface area contributed by atoms with Crippen molar-refractivity contribution in [1.29, 1.82) is 0 Å². The molecule has 2 aliphatic rings. The summed E-state index contributed by atoms with van der Waals surface area (Å²) >= 11 is 0. The first-order chi connectivity index (χ1) is 32.9. The highest BCUT2D eigenvalue weighted by atomic mass is 28.3. The summed E-state index contributed by atoms with van der Waals surface area (Å²) in [6.45, 7) is 18.8. The Balaban J connectivity index is 0.000000178. The van der Waals surface area contributed by atoms with Crippen molar-refractivity contribution in [2.45, 2.75) is 124 Å². The average Bonchev–Trinajstić information content (AvgIpc) is 4.12. The monoisotopic (exact) mass is 961 g/mol. The highest BCUT2D eigenvalue weighted by Crippen LogP contribution is 2.37. The predicted molar refractivity (Wildman–Crippen MR) is 277 cm³/mol. The van der Waals surface area contributed by atoms with Crippen molar-refractivity contribution >= 4 is 31.3 Å². The molecule has 0 fully saturated rings. The fourth-order valence-corrected chi connectivity index (χ4v) is 9.70. The van der Waals surface area contributed by atoms with Gasteiger partial charge < -0.3 is 31.5 Å². The van der Waals surface area contributed by atoms with Crippen LogP contribution in [0.15, 0.2) is 85.5 Å². The molecule has 1 amide bonds. The lowest BCUT2D eigenvalue weighted by Crippen LogP contribution is -2.25. The SMILES string of the molecule is CC1(C)CCc2c(C(=O)O)nn(COCC[Si](C)(C)C)c2C1.CNCCC(c1ccccc1)n1cc(N)cn1.CNCCC(c1ccccc1)n1cc(NC(=O)c2n[nH]c3c2CCC(C)(C)C3)cn1. The Hall–Kier alpha value is -5.88. The molecule has 4 aromatic heterocycles. The minimum absolute atomic E-state index is 0.102. The number of fused-ring (bicyclic) bond motifs is 2. The zero-order valence-corrected chi connectivity index (χ0v) is 43.3. The average molecular weight is 961 g/mol. The second-order valence-electron chi connectivity index (χ2n) is 21.2. The first-order valence-corrected chi connectivity index (χ1v) is 28.1. The van der Waals surface area contributed by atoms with Crippen molar-refractivity contribution in [3.63, 3.8) is 0 Å². The molecule has 0 saturated carbocycles. The van der Waals surface area contributed by atoms with E-state index in [2.05, 4.69) is 125 Å². The summed E-state index contributed by atoms with van der Waals surface area (Å²) in [5.41, 5.74) is 14.8. The molecule has 2 unspecified atom stereocenters. The summed E-state index contributed by atoms with van der Waals surface area (Å²) in [5, 5.41) is 39.2. The number of nitrogens with zero attached hydrogens (tertiary/aromatic N) is 7. The zero-order chi connectivity index (χ0) is 49.8. The third kappa shape index (κ3) is 14.8. The number of amides is 1. The van der Waals surface area contributed by atoms with Crippen LogP contribution in [0.25, 0.3) is 0 Å². The van der Waals surface area contributed by atoms with E-state index in [1.807, 2.05) is 60.1 Å². The fourth-order valence-electron chi connectivity index (χ4n) is 8.94. The highest BCUT2D eigenvalue weighted by Gasteiger charge is 2.33. The minimum Gasteiger partial charge on any atom is -0.476 e. The Labute approximate surface area is 409 Å². The number of H-pyrrole nitrogens is 1. The molecular weight excluding hydrogens is 885 g/mol. The first kappa shape index (κ1) is 52.5. The smallest absolute Gasteiger partial charge is 0.356 e. The maximum atomic E-state index is 12.9. The standard InChI is InChI=1S/C23H30N6O.C16H28N2O3Si.C13H18N4/c1-23(2)11-9-18-19(13-23)27-28-21(18)22(30)26-17-14-25-29(15-17)20(10-12-24-3)16-7-5-4-6-8-16;1-16(2)7-6-12-13(10-16)18(17-14(12)15(19)20)11-21-8-9-22(3,4)5;1-15-8-7-13(11-5-3-2-4-6-11)17-10-12(14)9-16-17/h4-8,14-15,20,24H,9-13H2,1-3H3,(H,26,30)(H,27,28);6-11H2,1-5H3,(H,19,20);2-6,9-10,13,15H,7-8,14H2,1H3. The minimum atomic E-state index is -1.11. The van der Waals surface area contributed by atoms with Crippen LogP contribution < -0.4 is 21.7 Å². The molecule has 17 heteroatoms. The molecule has 0 bridgehead atoms. The number of aromatic amines is 1. The number of benzene rings is 2. The van der Waals surface area contributed by atoms with Crippen molar-refractivity contribution < 1.29 is 19.4 Å². The molecule has 4 heterocycles. The molecule has 2 aromatic carbocycles. The van der Waals surface area contributed by atoms with Crippen LogP contribution in [0, 0.1) is 10.8 Å². The number of nitrogen functional groups attached to an aromatic ring is 1. The summed E-state index contributed by atoms with van der Waals surface area (Å²) in [7, 11) is 2.80. The van der Waals surface area contributed by atoms with E-state index in [1.165, 1.54) is 11.1 Å². The highest BCUT2D eigenvalue weighted by molar-refractivity contribution is 6.76. The predicted octanol–water partition coefficient (Wildman–Crippen LogP) is 8.65. The number of carbonyl (C=O) groups is 2. The van der Waals surface area contributed by atoms with Gasteiger partial charge in [-0.15, -0.1) is 0 Å². The van der Waals surface area contributed by atoms with E-state index in [9.17, 15) is 14.7 Å². The fraction of sp³-hybridized carbons (Fsp3) is 0.500. The van der Waals surface area contributed by atoms with Crippen LogP contribution in [0.3, 0.4) is 0 Å². The summed E-state index contributed by atoms with van der Waals surface area (Å²) < 4.78 is 11.4. The number of anilines is 2.